The molecule has 3 aromatic rings. The first kappa shape index (κ1) is 26.3. The van der Waals surface area contributed by atoms with Crippen LogP contribution in [0, 0.1) is 11.8 Å². The van der Waals surface area contributed by atoms with E-state index in [0.29, 0.717) is 17.6 Å². The summed E-state index contributed by atoms with van der Waals surface area (Å²) in [5.41, 5.74) is 5.76. The molecule has 0 fully saturated rings. The van der Waals surface area contributed by atoms with Gasteiger partial charge in [-0.1, -0.05) is 0 Å². The van der Waals surface area contributed by atoms with E-state index in [2.05, 4.69) is 36.5 Å². The number of pyridine rings is 3. The van der Waals surface area contributed by atoms with Gasteiger partial charge >= 0.3 is 6.09 Å². The first-order valence-corrected chi connectivity index (χ1v) is 10.9. The number of anilines is 1. The monoisotopic (exact) mass is 532 g/mol. The summed E-state index contributed by atoms with van der Waals surface area (Å²) in [5.74, 6) is -2.19. The molecule has 0 saturated heterocycles. The molecular weight excluding hydrogens is 512 g/mol. The molecule has 1 aliphatic heterocycles. The van der Waals surface area contributed by atoms with Crippen LogP contribution in [0.3, 0.4) is 0 Å². The Morgan fingerprint density at radius 2 is 1.84 bits per heavy atom. The van der Waals surface area contributed by atoms with Gasteiger partial charge in [0.1, 0.15) is 23.3 Å². The van der Waals surface area contributed by atoms with Gasteiger partial charge in [-0.2, -0.15) is 4.39 Å². The van der Waals surface area contributed by atoms with Gasteiger partial charge in [0.05, 0.1) is 29.3 Å². The number of hydrazine groups is 2. The average Bonchev–Trinajstić information content (AvgIpc) is 3.25. The van der Waals surface area contributed by atoms with Crippen LogP contribution in [-0.4, -0.2) is 39.0 Å². The zero-order valence-corrected chi connectivity index (χ0v) is 19.8. The number of amides is 2. The van der Waals surface area contributed by atoms with Gasteiger partial charge in [-0.05, 0) is 37.3 Å². The highest BCUT2D eigenvalue weighted by atomic mass is 19.3. The van der Waals surface area contributed by atoms with Crippen molar-refractivity contribution >= 4 is 23.4 Å². The number of nitrogens with one attached hydrogen (secondary N) is 4. The van der Waals surface area contributed by atoms with Crippen LogP contribution in [0.5, 0.6) is 0 Å². The maximum Gasteiger partial charge on any atom is 0.413 e. The molecule has 198 valence electrons. The van der Waals surface area contributed by atoms with Crippen molar-refractivity contribution in [3.05, 3.63) is 89.0 Å². The third kappa shape index (κ3) is 5.95. The molecule has 38 heavy (non-hydrogen) atoms. The Bertz CT molecular complexity index is 1390. The minimum atomic E-state index is -2.81. The molecule has 3 aromatic heterocycles. The molecule has 1 aliphatic rings. The second kappa shape index (κ2) is 11.1. The number of alkyl carbamates (subject to hydrolysis) is 1. The quantitative estimate of drug-likeness (QED) is 0.267. The van der Waals surface area contributed by atoms with E-state index >= 15 is 0 Å². The van der Waals surface area contributed by atoms with Crippen LogP contribution in [0.1, 0.15) is 46.8 Å². The van der Waals surface area contributed by atoms with Crippen LogP contribution < -0.4 is 21.6 Å². The van der Waals surface area contributed by atoms with Crippen molar-refractivity contribution in [2.24, 2.45) is 0 Å². The number of alkyl halides is 2. The Kier molecular flexibility index (Phi) is 7.66. The lowest BCUT2D eigenvalue weighted by Crippen LogP contribution is -2.39. The number of carbonyl (C=O) groups is 2. The second-order valence-electron chi connectivity index (χ2n) is 7.88. The first-order valence-electron chi connectivity index (χ1n) is 10.9. The Balaban J connectivity index is 1.45. The van der Waals surface area contributed by atoms with E-state index in [4.69, 9.17) is 4.74 Å². The summed E-state index contributed by atoms with van der Waals surface area (Å²) >= 11 is 0. The highest BCUT2D eigenvalue weighted by Crippen LogP contribution is 2.23. The van der Waals surface area contributed by atoms with Crippen molar-refractivity contribution < 1.29 is 31.9 Å². The zero-order chi connectivity index (χ0) is 27.4. The molecule has 4 heterocycles. The lowest BCUT2D eigenvalue weighted by Gasteiger charge is -2.18. The standard InChI is InChI=1S/C23H20F4N8O3/c1-11(15-8-13(24)9-30-20(15)27)38-23(37)32-21-18(33-34-35(21)2)16-4-3-14(10-29-16)31-22(36)12-5-6-28-17(7-12)19(25)26/h3-11,19,33-34H,1-2H3,(H,31,36)(H,32,37)/t11-/m1/s1. The van der Waals surface area contributed by atoms with Crippen molar-refractivity contribution in [2.75, 3.05) is 12.4 Å². The van der Waals surface area contributed by atoms with Crippen LogP contribution in [0.15, 0.2) is 54.7 Å². The summed E-state index contributed by atoms with van der Waals surface area (Å²) in [4.78, 5) is 35.9. The number of halogens is 4. The molecule has 0 saturated carbocycles. The normalized spacial score (nSPS) is 13.8. The Morgan fingerprint density at radius 1 is 1.05 bits per heavy atom. The molecule has 0 aliphatic carbocycles. The molecule has 1 atom stereocenters. The van der Waals surface area contributed by atoms with Crippen LogP contribution in [0.25, 0.3) is 5.70 Å². The summed E-state index contributed by atoms with van der Waals surface area (Å²) in [6.45, 7) is 1.36. The predicted molar refractivity (Wildman–Crippen MR) is 125 cm³/mol. The first-order chi connectivity index (χ1) is 18.1. The topological polar surface area (TPSA) is 133 Å². The number of hydrogen-bond donors (Lipinski definition) is 4. The van der Waals surface area contributed by atoms with Crippen LogP contribution in [-0.2, 0) is 4.74 Å². The van der Waals surface area contributed by atoms with Gasteiger partial charge in [0.15, 0.2) is 5.82 Å². The van der Waals surface area contributed by atoms with Crippen LogP contribution in [0.2, 0.25) is 0 Å². The Morgan fingerprint density at radius 3 is 2.55 bits per heavy atom. The van der Waals surface area contributed by atoms with Gasteiger partial charge in [0, 0.05) is 18.8 Å². The van der Waals surface area contributed by atoms with Crippen LogP contribution in [0.4, 0.5) is 28.0 Å². The minimum Gasteiger partial charge on any atom is -0.441 e. The predicted octanol–water partition coefficient (Wildman–Crippen LogP) is 3.41. The third-order valence-electron chi connectivity index (χ3n) is 5.24. The van der Waals surface area contributed by atoms with E-state index < -0.39 is 42.0 Å². The molecule has 11 nitrogen and oxygen atoms in total. The highest BCUT2D eigenvalue weighted by molar-refractivity contribution is 6.04. The fourth-order valence-electron chi connectivity index (χ4n) is 3.36. The summed E-state index contributed by atoms with van der Waals surface area (Å²) in [6.07, 6.45) is -1.77. The van der Waals surface area contributed by atoms with Crippen molar-refractivity contribution in [3.8, 4) is 0 Å². The van der Waals surface area contributed by atoms with Crippen molar-refractivity contribution in [3.63, 3.8) is 0 Å². The van der Waals surface area contributed by atoms with Gasteiger partial charge in [0.2, 0.25) is 5.95 Å². The number of ether oxygens (including phenoxy) is 1. The molecule has 0 aromatic carbocycles. The molecule has 4 N–H and O–H groups in total. The fraction of sp³-hybridized carbons (Fsp3) is 0.174. The molecule has 2 amide bonds. The molecular formula is C23H20F4N8O3. The average molecular weight is 532 g/mol. The lowest BCUT2D eigenvalue weighted by molar-refractivity contribution is 0.102. The summed E-state index contributed by atoms with van der Waals surface area (Å²) in [6, 6.07) is 6.22. The number of aromatic nitrogens is 3. The van der Waals surface area contributed by atoms with Gasteiger partial charge in [0.25, 0.3) is 12.3 Å². The summed E-state index contributed by atoms with van der Waals surface area (Å²) in [5, 5.41) is 6.46. The Labute approximate surface area is 212 Å². The summed E-state index contributed by atoms with van der Waals surface area (Å²) in [7, 11) is 1.58. The smallest absolute Gasteiger partial charge is 0.413 e. The Hall–Kier alpha value is -4.79. The van der Waals surface area contributed by atoms with Gasteiger partial charge in [-0.25, -0.2) is 22.9 Å². The maximum atomic E-state index is 13.9. The zero-order valence-electron chi connectivity index (χ0n) is 19.8. The maximum absolute atomic E-state index is 13.9. The van der Waals surface area contributed by atoms with E-state index in [0.717, 1.165) is 18.3 Å². The van der Waals surface area contributed by atoms with E-state index in [1.165, 1.54) is 36.3 Å². The molecule has 0 unspecified atom stereocenters. The fourth-order valence-corrected chi connectivity index (χ4v) is 3.36. The minimum absolute atomic E-state index is 0.00139. The lowest BCUT2D eigenvalue weighted by atomic mass is 10.2. The van der Waals surface area contributed by atoms with E-state index in [1.54, 1.807) is 7.05 Å². The summed E-state index contributed by atoms with van der Waals surface area (Å²) < 4.78 is 58.2. The van der Waals surface area contributed by atoms with Gasteiger partial charge < -0.3 is 10.1 Å². The van der Waals surface area contributed by atoms with Gasteiger partial charge in [-0.3, -0.25) is 30.5 Å². The SMILES string of the molecule is C[C@@H](OC(=O)NC1=C(c2ccc(NC(=O)c3ccnc(C(F)F)c3)cn2)NNN1C)c1cc(F)cnc1F. The van der Waals surface area contributed by atoms with Gasteiger partial charge in [-0.15, -0.1) is 5.53 Å². The molecule has 0 bridgehead atoms. The highest BCUT2D eigenvalue weighted by Gasteiger charge is 2.25. The molecule has 0 radical (unpaired) electrons. The third-order valence-corrected chi connectivity index (χ3v) is 5.24. The van der Waals surface area contributed by atoms with Crippen molar-refractivity contribution in [1.82, 2.24) is 36.2 Å². The van der Waals surface area contributed by atoms with Crippen molar-refractivity contribution in [2.45, 2.75) is 19.5 Å². The van der Waals surface area contributed by atoms with E-state index in [1.807, 2.05) is 0 Å². The second-order valence-corrected chi connectivity index (χ2v) is 7.88. The number of carbonyl (C=O) groups excluding carboxylic acids is 2. The molecule has 4 rings (SSSR count). The number of rotatable bonds is 7. The molecule has 15 heteroatoms. The van der Waals surface area contributed by atoms with E-state index in [-0.39, 0.29) is 22.6 Å². The largest absolute Gasteiger partial charge is 0.441 e. The molecule has 0 spiro atoms. The van der Waals surface area contributed by atoms with Crippen molar-refractivity contribution in [1.29, 1.82) is 0 Å². The number of nitrogens with zero attached hydrogens (tertiary/aromatic N) is 4. The number of hydrogen-bond acceptors (Lipinski definition) is 9. The van der Waals surface area contributed by atoms with E-state index in [9.17, 15) is 27.2 Å². The van der Waals surface area contributed by atoms with Crippen LogP contribution >= 0.6 is 0 Å².